The van der Waals surface area contributed by atoms with E-state index in [4.69, 9.17) is 5.73 Å². The number of amides is 2. The third-order valence-corrected chi connectivity index (χ3v) is 6.34. The minimum Gasteiger partial charge on any atom is -0.368 e. The van der Waals surface area contributed by atoms with Crippen LogP contribution in [0.1, 0.15) is 21.5 Å². The Morgan fingerprint density at radius 3 is 2.26 bits per heavy atom. The normalized spacial score (nSPS) is 11.5. The standard InChI is InChI=1S/C27H22BrN5O2/c28-20-11-9-18(10-12-20)14-32-16-23(22-6-2-4-8-25(22)32)27(35)31-30-13-19-15-33(17-26(29)34)24-7-3-1-5-21(19)24/h1-13,15-16H,14,17H2,(H2,29,34)(H,31,35)/b30-13+. The van der Waals surface area contributed by atoms with Crippen molar-refractivity contribution in [2.45, 2.75) is 13.1 Å². The van der Waals surface area contributed by atoms with E-state index in [0.29, 0.717) is 12.1 Å². The van der Waals surface area contributed by atoms with Crippen LogP contribution in [-0.2, 0) is 17.9 Å². The molecule has 0 unspecified atom stereocenters. The topological polar surface area (TPSA) is 94.4 Å². The summed E-state index contributed by atoms with van der Waals surface area (Å²) >= 11 is 3.46. The maximum absolute atomic E-state index is 13.1. The Morgan fingerprint density at radius 1 is 0.886 bits per heavy atom. The summed E-state index contributed by atoms with van der Waals surface area (Å²) in [4.78, 5) is 24.5. The zero-order chi connectivity index (χ0) is 24.4. The Labute approximate surface area is 210 Å². The van der Waals surface area contributed by atoms with Gasteiger partial charge >= 0.3 is 0 Å². The number of nitrogens with one attached hydrogen (secondary N) is 1. The molecule has 0 atom stereocenters. The number of hydrogen-bond acceptors (Lipinski definition) is 3. The van der Waals surface area contributed by atoms with Crippen molar-refractivity contribution in [2.24, 2.45) is 10.8 Å². The number of nitrogens with zero attached hydrogens (tertiary/aromatic N) is 3. The quantitative estimate of drug-likeness (QED) is 0.238. The first kappa shape index (κ1) is 22.6. The van der Waals surface area contributed by atoms with Crippen molar-refractivity contribution in [2.75, 3.05) is 0 Å². The molecule has 5 rings (SSSR count). The summed E-state index contributed by atoms with van der Waals surface area (Å²) in [6.07, 6.45) is 5.24. The summed E-state index contributed by atoms with van der Waals surface area (Å²) in [6, 6.07) is 23.6. The van der Waals surface area contributed by atoms with Crippen LogP contribution in [0, 0.1) is 0 Å². The molecular weight excluding hydrogens is 506 g/mol. The van der Waals surface area contributed by atoms with Crippen molar-refractivity contribution in [1.29, 1.82) is 0 Å². The molecule has 0 aliphatic carbocycles. The molecule has 8 heteroatoms. The number of carbonyl (C=O) groups is 2. The lowest BCUT2D eigenvalue weighted by Crippen LogP contribution is -2.18. The third-order valence-electron chi connectivity index (χ3n) is 5.81. The first-order chi connectivity index (χ1) is 17.0. The maximum atomic E-state index is 13.1. The molecule has 174 valence electrons. The molecule has 35 heavy (non-hydrogen) atoms. The molecule has 7 nitrogen and oxygen atoms in total. The molecule has 5 aromatic rings. The fraction of sp³-hybridized carbons (Fsp3) is 0.0741. The number of fused-ring (bicyclic) bond motifs is 2. The largest absolute Gasteiger partial charge is 0.368 e. The van der Waals surface area contributed by atoms with E-state index in [1.807, 2.05) is 66.9 Å². The maximum Gasteiger partial charge on any atom is 0.273 e. The van der Waals surface area contributed by atoms with Gasteiger partial charge in [0, 0.05) is 50.8 Å². The fourth-order valence-corrected chi connectivity index (χ4v) is 4.51. The summed E-state index contributed by atoms with van der Waals surface area (Å²) in [5.74, 6) is -0.727. The number of primary amides is 1. The zero-order valence-corrected chi connectivity index (χ0v) is 20.3. The number of halogens is 1. The van der Waals surface area contributed by atoms with Crippen LogP contribution >= 0.6 is 15.9 Å². The van der Waals surface area contributed by atoms with Gasteiger partial charge in [-0.05, 0) is 29.8 Å². The number of aromatic nitrogens is 2. The van der Waals surface area contributed by atoms with E-state index >= 15 is 0 Å². The summed E-state index contributed by atoms with van der Waals surface area (Å²) in [6.45, 7) is 0.711. The van der Waals surface area contributed by atoms with Crippen molar-refractivity contribution < 1.29 is 9.59 Å². The van der Waals surface area contributed by atoms with Crippen LogP contribution in [-0.4, -0.2) is 27.2 Å². The molecule has 0 saturated carbocycles. The van der Waals surface area contributed by atoms with Crippen molar-refractivity contribution in [3.05, 3.63) is 106 Å². The van der Waals surface area contributed by atoms with Gasteiger partial charge in [0.1, 0.15) is 6.54 Å². The average molecular weight is 528 g/mol. The predicted molar refractivity (Wildman–Crippen MR) is 141 cm³/mol. The van der Waals surface area contributed by atoms with Gasteiger partial charge in [-0.2, -0.15) is 5.10 Å². The van der Waals surface area contributed by atoms with Gasteiger partial charge in [0.25, 0.3) is 5.91 Å². The van der Waals surface area contributed by atoms with Crippen LogP contribution in [0.5, 0.6) is 0 Å². The van der Waals surface area contributed by atoms with Gasteiger partial charge in [0.15, 0.2) is 0 Å². The molecule has 2 heterocycles. The Bertz CT molecular complexity index is 1580. The first-order valence-corrected chi connectivity index (χ1v) is 11.8. The molecule has 3 N–H and O–H groups in total. The van der Waals surface area contributed by atoms with E-state index in [1.165, 1.54) is 0 Å². The Kier molecular flexibility index (Phi) is 6.20. The fourth-order valence-electron chi connectivity index (χ4n) is 4.24. The van der Waals surface area contributed by atoms with Gasteiger partial charge in [0.05, 0.1) is 11.8 Å². The van der Waals surface area contributed by atoms with E-state index in [-0.39, 0.29) is 12.5 Å². The SMILES string of the molecule is NC(=O)Cn1cc(/C=N/NC(=O)c2cn(Cc3ccc(Br)cc3)c3ccccc23)c2ccccc21. The van der Waals surface area contributed by atoms with Crippen LogP contribution in [0.3, 0.4) is 0 Å². The Hall–Kier alpha value is -4.17. The second kappa shape index (κ2) is 9.60. The van der Waals surface area contributed by atoms with Gasteiger partial charge in [-0.25, -0.2) is 5.43 Å². The van der Waals surface area contributed by atoms with Gasteiger partial charge in [-0.3, -0.25) is 9.59 Å². The number of benzene rings is 3. The van der Waals surface area contributed by atoms with Crippen LogP contribution < -0.4 is 11.2 Å². The molecule has 2 amide bonds. The summed E-state index contributed by atoms with van der Waals surface area (Å²) in [5, 5.41) is 5.97. The molecule has 0 saturated heterocycles. The number of hydrazone groups is 1. The van der Waals surface area contributed by atoms with Crippen LogP contribution in [0.2, 0.25) is 0 Å². The van der Waals surface area contributed by atoms with E-state index in [0.717, 1.165) is 37.4 Å². The molecule has 0 bridgehead atoms. The summed E-state index contributed by atoms with van der Waals surface area (Å²) in [5.41, 5.74) is 12.3. The van der Waals surface area contributed by atoms with E-state index in [2.05, 4.69) is 43.2 Å². The second-order valence-electron chi connectivity index (χ2n) is 8.21. The zero-order valence-electron chi connectivity index (χ0n) is 18.7. The number of nitrogens with two attached hydrogens (primary N) is 1. The second-order valence-corrected chi connectivity index (χ2v) is 9.12. The highest BCUT2D eigenvalue weighted by molar-refractivity contribution is 9.10. The number of rotatable bonds is 7. The lowest BCUT2D eigenvalue weighted by Gasteiger charge is -2.05. The number of carbonyl (C=O) groups excluding carboxylic acids is 2. The van der Waals surface area contributed by atoms with Crippen molar-refractivity contribution in [3.8, 4) is 0 Å². The van der Waals surface area contributed by atoms with Crippen molar-refractivity contribution in [1.82, 2.24) is 14.6 Å². The minimum absolute atomic E-state index is 0.0680. The van der Waals surface area contributed by atoms with Crippen molar-refractivity contribution >= 4 is 55.8 Å². The number of hydrogen-bond donors (Lipinski definition) is 2. The molecule has 3 aromatic carbocycles. The highest BCUT2D eigenvalue weighted by Crippen LogP contribution is 2.23. The van der Waals surface area contributed by atoms with Crippen LogP contribution in [0.15, 0.2) is 94.8 Å². The molecule has 0 aliphatic rings. The highest BCUT2D eigenvalue weighted by Gasteiger charge is 2.15. The predicted octanol–water partition coefficient (Wildman–Crippen LogP) is 4.66. The lowest BCUT2D eigenvalue weighted by atomic mass is 10.1. The summed E-state index contributed by atoms with van der Waals surface area (Å²) in [7, 11) is 0. The highest BCUT2D eigenvalue weighted by atomic mass is 79.9. The van der Waals surface area contributed by atoms with Crippen LogP contribution in [0.4, 0.5) is 0 Å². The van der Waals surface area contributed by atoms with Gasteiger partial charge in [0.2, 0.25) is 5.91 Å². The average Bonchev–Trinajstić information content (AvgIpc) is 3.39. The molecule has 0 aliphatic heterocycles. The molecule has 0 radical (unpaired) electrons. The minimum atomic E-state index is -0.429. The lowest BCUT2D eigenvalue weighted by molar-refractivity contribution is -0.118. The smallest absolute Gasteiger partial charge is 0.273 e. The van der Waals surface area contributed by atoms with Crippen molar-refractivity contribution in [3.63, 3.8) is 0 Å². The van der Waals surface area contributed by atoms with Gasteiger partial charge in [-0.15, -0.1) is 0 Å². The van der Waals surface area contributed by atoms with Crippen LogP contribution in [0.25, 0.3) is 21.8 Å². The Balaban J connectivity index is 1.40. The van der Waals surface area contributed by atoms with Gasteiger partial charge < -0.3 is 14.9 Å². The first-order valence-electron chi connectivity index (χ1n) is 11.0. The molecule has 0 spiro atoms. The van der Waals surface area contributed by atoms with E-state index in [9.17, 15) is 9.59 Å². The van der Waals surface area contributed by atoms with E-state index in [1.54, 1.807) is 17.0 Å². The monoisotopic (exact) mass is 527 g/mol. The molecule has 2 aromatic heterocycles. The van der Waals surface area contributed by atoms with E-state index < -0.39 is 5.91 Å². The molecule has 0 fully saturated rings. The third kappa shape index (κ3) is 4.74. The summed E-state index contributed by atoms with van der Waals surface area (Å²) < 4.78 is 4.86. The van der Waals surface area contributed by atoms with Gasteiger partial charge in [-0.1, -0.05) is 64.5 Å². The molecular formula is C27H22BrN5O2. The number of para-hydroxylation sites is 2. The Morgan fingerprint density at radius 2 is 1.54 bits per heavy atom.